The summed E-state index contributed by atoms with van der Waals surface area (Å²) in [5.74, 6) is 1.81. The molecule has 2 aromatic carbocycles. The molecular weight excluding hydrogens is 500 g/mol. The third-order valence-electron chi connectivity index (χ3n) is 6.71. The van der Waals surface area contributed by atoms with Gasteiger partial charge in [-0.05, 0) is 63.1 Å². The molecule has 210 valence electrons. The number of rotatable bonds is 10. The zero-order chi connectivity index (χ0) is 27.6. The van der Waals surface area contributed by atoms with Gasteiger partial charge < -0.3 is 23.8 Å². The van der Waals surface area contributed by atoms with Gasteiger partial charge in [0.15, 0.2) is 11.5 Å². The number of piperazine rings is 1. The Kier molecular flexibility index (Phi) is 10.0. The molecule has 0 aliphatic carbocycles. The van der Waals surface area contributed by atoms with Crippen LogP contribution in [0, 0.1) is 0 Å². The molecule has 0 N–H and O–H groups in total. The average Bonchev–Trinajstić information content (AvgIpc) is 2.97. The van der Waals surface area contributed by atoms with Crippen LogP contribution in [-0.4, -0.2) is 98.7 Å². The second-order valence-electron chi connectivity index (χ2n) is 9.28. The number of benzene rings is 2. The van der Waals surface area contributed by atoms with Crippen molar-refractivity contribution >= 4 is 17.7 Å². The molecule has 0 bridgehead atoms. The minimum Gasteiger partial charge on any atom is -0.493 e. The summed E-state index contributed by atoms with van der Waals surface area (Å²) in [7, 11) is 1.61. The first-order valence-corrected chi connectivity index (χ1v) is 13.6. The number of carbonyl (C=O) groups excluding carboxylic acids is 2. The van der Waals surface area contributed by atoms with Crippen LogP contribution in [-0.2, 0) is 4.74 Å². The van der Waals surface area contributed by atoms with Crippen molar-refractivity contribution in [1.82, 2.24) is 14.8 Å². The molecule has 0 aromatic heterocycles. The second kappa shape index (κ2) is 13.8. The monoisotopic (exact) mass is 538 g/mol. The van der Waals surface area contributed by atoms with E-state index >= 15 is 0 Å². The lowest BCUT2D eigenvalue weighted by atomic mass is 10.0. The Morgan fingerprint density at radius 3 is 2.49 bits per heavy atom. The van der Waals surface area contributed by atoms with Crippen molar-refractivity contribution in [1.29, 1.82) is 0 Å². The Labute approximate surface area is 230 Å². The molecule has 0 atom stereocenters. The van der Waals surface area contributed by atoms with Gasteiger partial charge in [-0.2, -0.15) is 5.10 Å². The fourth-order valence-electron chi connectivity index (χ4n) is 4.64. The zero-order valence-corrected chi connectivity index (χ0v) is 23.1. The van der Waals surface area contributed by atoms with Gasteiger partial charge in [0.2, 0.25) is 0 Å². The molecule has 2 aliphatic heterocycles. The average molecular weight is 539 g/mol. The highest BCUT2D eigenvalue weighted by Gasteiger charge is 2.23. The van der Waals surface area contributed by atoms with Gasteiger partial charge in [0.1, 0.15) is 12.4 Å². The Balaban J connectivity index is 1.33. The van der Waals surface area contributed by atoms with Gasteiger partial charge in [0, 0.05) is 50.4 Å². The maximum Gasteiger partial charge on any atom is 0.409 e. The predicted octanol–water partition coefficient (Wildman–Crippen LogP) is 3.89. The third kappa shape index (κ3) is 7.41. The summed E-state index contributed by atoms with van der Waals surface area (Å²) in [4.78, 5) is 29.2. The number of hydrogen-bond donors (Lipinski definition) is 0. The topological polar surface area (TPSA) is 93.1 Å². The number of nitrogens with zero attached hydrogens (tertiary/aromatic N) is 4. The van der Waals surface area contributed by atoms with Crippen molar-refractivity contribution in [3.05, 3.63) is 53.6 Å². The Morgan fingerprint density at radius 1 is 0.923 bits per heavy atom. The quantitative estimate of drug-likeness (QED) is 0.453. The van der Waals surface area contributed by atoms with Crippen LogP contribution in [0.1, 0.15) is 42.6 Å². The molecule has 1 fully saturated rings. The summed E-state index contributed by atoms with van der Waals surface area (Å²) < 4.78 is 22.1. The van der Waals surface area contributed by atoms with Crippen molar-refractivity contribution in [2.75, 3.05) is 66.2 Å². The van der Waals surface area contributed by atoms with Crippen LogP contribution in [0.3, 0.4) is 0 Å². The maximum absolute atomic E-state index is 13.3. The van der Waals surface area contributed by atoms with Crippen LogP contribution in [0.15, 0.2) is 47.6 Å². The molecule has 1 saturated heterocycles. The molecule has 0 spiro atoms. The number of methoxy groups -OCH3 is 1. The highest BCUT2D eigenvalue weighted by molar-refractivity contribution is 6.03. The Hall–Kier alpha value is -3.79. The SMILES string of the molecule is CCOC(=O)N1CCN(CCOc2cccc(C(=O)N3CCCC(c4ccc(OC)c(OCC)c4)=N3)c2)CC1. The van der Waals surface area contributed by atoms with Crippen molar-refractivity contribution in [3.8, 4) is 17.2 Å². The normalized spacial score (nSPS) is 15.9. The molecule has 0 saturated carbocycles. The lowest BCUT2D eigenvalue weighted by molar-refractivity contribution is 0.0742. The van der Waals surface area contributed by atoms with Gasteiger partial charge >= 0.3 is 6.09 Å². The first kappa shape index (κ1) is 28.2. The van der Waals surface area contributed by atoms with E-state index in [1.807, 2.05) is 44.2 Å². The molecule has 10 heteroatoms. The molecular formula is C29H38N4O6. The number of hydrazone groups is 1. The van der Waals surface area contributed by atoms with Gasteiger partial charge in [0.05, 0.1) is 26.0 Å². The molecule has 39 heavy (non-hydrogen) atoms. The summed E-state index contributed by atoms with van der Waals surface area (Å²) in [5, 5.41) is 6.22. The van der Waals surface area contributed by atoms with Crippen LogP contribution >= 0.6 is 0 Å². The summed E-state index contributed by atoms with van der Waals surface area (Å²) in [6, 6.07) is 13.0. The molecule has 4 rings (SSSR count). The Morgan fingerprint density at radius 2 is 1.74 bits per heavy atom. The van der Waals surface area contributed by atoms with Gasteiger partial charge in [-0.25, -0.2) is 9.80 Å². The van der Waals surface area contributed by atoms with Crippen LogP contribution in [0.4, 0.5) is 4.79 Å². The van der Waals surface area contributed by atoms with E-state index in [1.54, 1.807) is 24.1 Å². The largest absolute Gasteiger partial charge is 0.493 e. The van der Waals surface area contributed by atoms with E-state index in [1.165, 1.54) is 5.01 Å². The first-order valence-electron chi connectivity index (χ1n) is 13.6. The molecule has 2 amide bonds. The van der Waals surface area contributed by atoms with Crippen LogP contribution in [0.5, 0.6) is 17.2 Å². The molecule has 2 aromatic rings. The third-order valence-corrected chi connectivity index (χ3v) is 6.71. The molecule has 2 heterocycles. The van der Waals surface area contributed by atoms with E-state index < -0.39 is 0 Å². The second-order valence-corrected chi connectivity index (χ2v) is 9.28. The smallest absolute Gasteiger partial charge is 0.409 e. The summed E-state index contributed by atoms with van der Waals surface area (Å²) in [6.07, 6.45) is 1.35. The van der Waals surface area contributed by atoms with Gasteiger partial charge in [-0.15, -0.1) is 0 Å². The van der Waals surface area contributed by atoms with Crippen molar-refractivity contribution in [2.45, 2.75) is 26.7 Å². The summed E-state index contributed by atoms with van der Waals surface area (Å²) in [5.41, 5.74) is 2.29. The van der Waals surface area contributed by atoms with Gasteiger partial charge in [-0.1, -0.05) is 6.07 Å². The zero-order valence-electron chi connectivity index (χ0n) is 23.1. The lowest BCUT2D eigenvalue weighted by Gasteiger charge is -2.33. The highest BCUT2D eigenvalue weighted by atomic mass is 16.6. The van der Waals surface area contributed by atoms with E-state index in [0.29, 0.717) is 62.3 Å². The fourth-order valence-corrected chi connectivity index (χ4v) is 4.64. The van der Waals surface area contributed by atoms with Crippen molar-refractivity contribution in [3.63, 3.8) is 0 Å². The van der Waals surface area contributed by atoms with E-state index in [9.17, 15) is 9.59 Å². The predicted molar refractivity (Wildman–Crippen MR) is 148 cm³/mol. The standard InChI is InChI=1S/C29H38N4O6/c1-4-37-27-21-22(11-12-26(27)36-3)25-10-7-13-33(30-25)28(34)23-8-6-9-24(20-23)39-19-18-31-14-16-32(17-15-31)29(35)38-5-2/h6,8-9,11-12,20-21H,4-5,7,10,13-19H2,1-3H3. The molecule has 2 aliphatic rings. The number of amides is 2. The van der Waals surface area contributed by atoms with Crippen LogP contribution in [0.25, 0.3) is 0 Å². The fraction of sp³-hybridized carbons (Fsp3) is 0.483. The highest BCUT2D eigenvalue weighted by Crippen LogP contribution is 2.30. The van der Waals surface area contributed by atoms with Crippen molar-refractivity contribution < 1.29 is 28.5 Å². The molecule has 0 radical (unpaired) electrons. The number of carbonyl (C=O) groups is 2. The van der Waals surface area contributed by atoms with Crippen LogP contribution in [0.2, 0.25) is 0 Å². The maximum atomic E-state index is 13.3. The van der Waals surface area contributed by atoms with Crippen LogP contribution < -0.4 is 14.2 Å². The first-order chi connectivity index (χ1) is 19.0. The molecule has 10 nitrogen and oxygen atoms in total. The molecule has 0 unspecified atom stereocenters. The van der Waals surface area contributed by atoms with Gasteiger partial charge in [-0.3, -0.25) is 9.69 Å². The lowest BCUT2D eigenvalue weighted by Crippen LogP contribution is -2.49. The number of hydrogen-bond acceptors (Lipinski definition) is 8. The Bertz CT molecular complexity index is 1160. The number of ether oxygens (including phenoxy) is 4. The summed E-state index contributed by atoms with van der Waals surface area (Å²) in [6.45, 7) is 9.27. The van der Waals surface area contributed by atoms with E-state index in [0.717, 1.165) is 43.8 Å². The van der Waals surface area contributed by atoms with Gasteiger partial charge in [0.25, 0.3) is 5.91 Å². The van der Waals surface area contributed by atoms with E-state index in [2.05, 4.69) is 10.0 Å². The minimum absolute atomic E-state index is 0.161. The van der Waals surface area contributed by atoms with Crippen molar-refractivity contribution in [2.24, 2.45) is 5.10 Å². The van der Waals surface area contributed by atoms with E-state index in [-0.39, 0.29) is 12.0 Å². The minimum atomic E-state index is -0.251. The summed E-state index contributed by atoms with van der Waals surface area (Å²) >= 11 is 0. The van der Waals surface area contributed by atoms with E-state index in [4.69, 9.17) is 18.9 Å².